The minimum Gasteiger partial charge on any atom is -0.462 e. The van der Waals surface area contributed by atoms with E-state index in [1.54, 1.807) is 0 Å². The zero-order chi connectivity index (χ0) is 38.1. The number of aliphatic hydroxyl groups excluding tert-OH is 5. The second-order valence-corrected chi connectivity index (χ2v) is 15.8. The minimum absolute atomic E-state index is 0.0975. The normalized spacial score (nSPS) is 24.5. The number of phosphoric acid groups is 1. The lowest BCUT2D eigenvalue weighted by atomic mass is 9.85. The van der Waals surface area contributed by atoms with Crippen LogP contribution in [0.5, 0.6) is 0 Å². The molecular formula is C37H71O13P. The van der Waals surface area contributed by atoms with Crippen LogP contribution in [0.4, 0.5) is 0 Å². The second kappa shape index (κ2) is 28.3. The third kappa shape index (κ3) is 22.0. The SMILES string of the molecule is CCCCCCCCC[C@H](C)CCCCCCCC(=O)OC[C@H](COP(=O)(O)OC1[C@@H](O)[C@H](O)C(O)[C@@H](O)[C@H]1O)OC(=O)CCCCCCCC. The zero-order valence-corrected chi connectivity index (χ0v) is 32.5. The molecule has 0 radical (unpaired) electrons. The molecule has 0 aliphatic heterocycles. The molecule has 1 fully saturated rings. The van der Waals surface area contributed by atoms with E-state index in [9.17, 15) is 44.6 Å². The molecule has 13 nitrogen and oxygen atoms in total. The maximum absolute atomic E-state index is 12.7. The lowest BCUT2D eigenvalue weighted by Crippen LogP contribution is -2.64. The van der Waals surface area contributed by atoms with Gasteiger partial charge in [0.2, 0.25) is 0 Å². The Morgan fingerprint density at radius 3 is 1.49 bits per heavy atom. The Kier molecular flexibility index (Phi) is 26.6. The standard InChI is InChI=1S/C37H71O13P/c1-4-6-8-10-12-14-18-22-28(3)23-19-15-13-17-20-24-30(38)47-26-29(49-31(39)25-21-16-11-9-7-5-2)27-48-51(45,46)50-37-35(43)33(41)32(40)34(42)36(37)44/h28-29,32-37,40-44H,4-27H2,1-3H3,(H,45,46)/t28-,29+,32?,33+,34+,35-,36+,37?/m0/s1. The summed E-state index contributed by atoms with van der Waals surface area (Å²) in [6.45, 7) is 5.52. The van der Waals surface area contributed by atoms with Gasteiger partial charge in [0, 0.05) is 12.8 Å². The quantitative estimate of drug-likeness (QED) is 0.0272. The van der Waals surface area contributed by atoms with E-state index in [2.05, 4.69) is 20.8 Å². The number of rotatable bonds is 31. The predicted octanol–water partition coefficient (Wildman–Crippen LogP) is 6.02. The highest BCUT2D eigenvalue weighted by Gasteiger charge is 2.51. The van der Waals surface area contributed by atoms with Gasteiger partial charge in [0.1, 0.15) is 43.2 Å². The van der Waals surface area contributed by atoms with Gasteiger partial charge in [0.25, 0.3) is 0 Å². The highest BCUT2D eigenvalue weighted by atomic mass is 31.2. The summed E-state index contributed by atoms with van der Waals surface area (Å²) in [7, 11) is -5.10. The van der Waals surface area contributed by atoms with Crippen molar-refractivity contribution in [1.29, 1.82) is 0 Å². The van der Waals surface area contributed by atoms with E-state index in [4.69, 9.17) is 18.5 Å². The average Bonchev–Trinajstić information content (AvgIpc) is 3.10. The summed E-state index contributed by atoms with van der Waals surface area (Å²) in [6.07, 6.45) is 9.44. The number of carbonyl (C=O) groups excluding carboxylic acids is 2. The third-order valence-electron chi connectivity index (χ3n) is 9.59. The van der Waals surface area contributed by atoms with E-state index in [0.717, 1.165) is 57.3 Å². The van der Waals surface area contributed by atoms with Gasteiger partial charge in [0.15, 0.2) is 6.10 Å². The smallest absolute Gasteiger partial charge is 0.462 e. The number of esters is 2. The lowest BCUT2D eigenvalue weighted by Gasteiger charge is -2.41. The maximum Gasteiger partial charge on any atom is 0.472 e. The topological polar surface area (TPSA) is 210 Å². The molecule has 1 aliphatic rings. The van der Waals surface area contributed by atoms with Crippen molar-refractivity contribution in [3.8, 4) is 0 Å². The van der Waals surface area contributed by atoms with Crippen molar-refractivity contribution in [2.45, 2.75) is 205 Å². The molecule has 51 heavy (non-hydrogen) atoms. The largest absolute Gasteiger partial charge is 0.472 e. The van der Waals surface area contributed by atoms with Gasteiger partial charge >= 0.3 is 19.8 Å². The van der Waals surface area contributed by atoms with Gasteiger partial charge in [-0.1, -0.05) is 136 Å². The van der Waals surface area contributed by atoms with Gasteiger partial charge in [-0.05, 0) is 18.8 Å². The minimum atomic E-state index is -5.10. The fourth-order valence-electron chi connectivity index (χ4n) is 6.24. The Bertz CT molecular complexity index is 937. The van der Waals surface area contributed by atoms with Gasteiger partial charge in [-0.15, -0.1) is 0 Å². The highest BCUT2D eigenvalue weighted by Crippen LogP contribution is 2.47. The molecule has 6 N–H and O–H groups in total. The molecule has 9 atom stereocenters. The molecule has 0 heterocycles. The molecule has 1 aliphatic carbocycles. The van der Waals surface area contributed by atoms with E-state index in [0.29, 0.717) is 12.8 Å². The Balaban J connectivity index is 2.48. The number of unbranched alkanes of at least 4 members (excludes halogenated alkanes) is 15. The first-order chi connectivity index (χ1) is 24.3. The molecule has 1 saturated carbocycles. The number of phosphoric ester groups is 1. The van der Waals surface area contributed by atoms with Crippen molar-refractivity contribution >= 4 is 19.8 Å². The van der Waals surface area contributed by atoms with Crippen molar-refractivity contribution in [3.05, 3.63) is 0 Å². The molecule has 0 aromatic heterocycles. The van der Waals surface area contributed by atoms with E-state index in [1.165, 1.54) is 64.2 Å². The molecule has 14 heteroatoms. The van der Waals surface area contributed by atoms with Crippen LogP contribution >= 0.6 is 7.82 Å². The lowest BCUT2D eigenvalue weighted by molar-refractivity contribution is -0.220. The fourth-order valence-corrected chi connectivity index (χ4v) is 7.21. The van der Waals surface area contributed by atoms with Crippen LogP contribution in [0.1, 0.15) is 162 Å². The number of carbonyl (C=O) groups is 2. The number of ether oxygens (including phenoxy) is 2. The number of hydrogen-bond donors (Lipinski definition) is 6. The van der Waals surface area contributed by atoms with Gasteiger partial charge in [0.05, 0.1) is 6.61 Å². The molecule has 302 valence electrons. The Hall–Kier alpha value is -1.15. The fraction of sp³-hybridized carbons (Fsp3) is 0.946. The molecular weight excluding hydrogens is 683 g/mol. The van der Waals surface area contributed by atoms with Crippen LogP contribution in [0.15, 0.2) is 0 Å². The first-order valence-electron chi connectivity index (χ1n) is 19.7. The van der Waals surface area contributed by atoms with Gasteiger partial charge in [-0.25, -0.2) is 4.57 Å². The molecule has 0 aromatic carbocycles. The number of aliphatic hydroxyl groups is 5. The van der Waals surface area contributed by atoms with Gasteiger partial charge in [-0.2, -0.15) is 0 Å². The van der Waals surface area contributed by atoms with Crippen LogP contribution in [0, 0.1) is 5.92 Å². The van der Waals surface area contributed by atoms with E-state index in [-0.39, 0.29) is 12.8 Å². The maximum atomic E-state index is 12.7. The summed E-state index contributed by atoms with van der Waals surface area (Å²) in [4.78, 5) is 35.3. The van der Waals surface area contributed by atoms with Gasteiger partial charge in [-0.3, -0.25) is 18.6 Å². The monoisotopic (exact) mass is 754 g/mol. The van der Waals surface area contributed by atoms with E-state index in [1.807, 2.05) is 0 Å². The molecule has 0 aromatic rings. The van der Waals surface area contributed by atoms with Crippen molar-refractivity contribution in [2.24, 2.45) is 5.92 Å². The molecule has 3 unspecified atom stereocenters. The first-order valence-corrected chi connectivity index (χ1v) is 21.2. The summed E-state index contributed by atoms with van der Waals surface area (Å²) in [5.74, 6) is -0.369. The van der Waals surface area contributed by atoms with Crippen molar-refractivity contribution in [3.63, 3.8) is 0 Å². The van der Waals surface area contributed by atoms with Crippen LogP contribution in [-0.4, -0.2) is 98.3 Å². The summed E-state index contributed by atoms with van der Waals surface area (Å²) in [5.41, 5.74) is 0. The first kappa shape index (κ1) is 47.9. The van der Waals surface area contributed by atoms with Crippen LogP contribution < -0.4 is 0 Å². The summed E-state index contributed by atoms with van der Waals surface area (Å²) >= 11 is 0. The van der Waals surface area contributed by atoms with Crippen LogP contribution in [0.25, 0.3) is 0 Å². The third-order valence-corrected chi connectivity index (χ3v) is 10.6. The van der Waals surface area contributed by atoms with Gasteiger partial charge < -0.3 is 39.9 Å². The average molecular weight is 755 g/mol. The van der Waals surface area contributed by atoms with Crippen molar-refractivity contribution in [2.75, 3.05) is 13.2 Å². The zero-order valence-electron chi connectivity index (χ0n) is 31.6. The predicted molar refractivity (Wildman–Crippen MR) is 194 cm³/mol. The Labute approximate surface area is 306 Å². The van der Waals surface area contributed by atoms with Crippen LogP contribution in [0.3, 0.4) is 0 Å². The van der Waals surface area contributed by atoms with Crippen molar-refractivity contribution in [1.82, 2.24) is 0 Å². The van der Waals surface area contributed by atoms with Crippen LogP contribution in [-0.2, 0) is 32.7 Å². The van der Waals surface area contributed by atoms with E-state index < -0.39 is 75.7 Å². The molecule has 1 rings (SSSR count). The summed E-state index contributed by atoms with van der Waals surface area (Å²) < 4.78 is 33.2. The number of hydrogen-bond acceptors (Lipinski definition) is 12. The highest BCUT2D eigenvalue weighted by molar-refractivity contribution is 7.47. The molecule has 0 bridgehead atoms. The van der Waals surface area contributed by atoms with Crippen LogP contribution in [0.2, 0.25) is 0 Å². The Morgan fingerprint density at radius 2 is 1.00 bits per heavy atom. The van der Waals surface area contributed by atoms with E-state index >= 15 is 0 Å². The Morgan fingerprint density at radius 1 is 0.588 bits per heavy atom. The molecule has 0 spiro atoms. The summed E-state index contributed by atoms with van der Waals surface area (Å²) in [6, 6.07) is 0. The van der Waals surface area contributed by atoms with Crippen molar-refractivity contribution < 1.29 is 63.1 Å². The second-order valence-electron chi connectivity index (χ2n) is 14.4. The summed E-state index contributed by atoms with van der Waals surface area (Å²) in [5, 5.41) is 49.8. The molecule has 0 amide bonds. The molecule has 0 saturated heterocycles.